The van der Waals surface area contributed by atoms with Crippen molar-refractivity contribution in [2.24, 2.45) is 0 Å². The number of amides is 2. The maximum atomic E-state index is 15.8. The highest BCUT2D eigenvalue weighted by Crippen LogP contribution is 2.53. The van der Waals surface area contributed by atoms with E-state index in [1.54, 1.807) is 18.6 Å². The van der Waals surface area contributed by atoms with Gasteiger partial charge in [-0.05, 0) is 80.3 Å². The molecule has 6 N–H and O–H groups in total. The van der Waals surface area contributed by atoms with Crippen LogP contribution in [-0.4, -0.2) is 258 Å². The number of ether oxygens (including phenoxy) is 9. The summed E-state index contributed by atoms with van der Waals surface area (Å²) < 4.78 is 234. The van der Waals surface area contributed by atoms with E-state index < -0.39 is 134 Å². The van der Waals surface area contributed by atoms with E-state index in [9.17, 15) is 84.3 Å². The fourth-order valence-electron chi connectivity index (χ4n) is 12.5. The van der Waals surface area contributed by atoms with Gasteiger partial charge < -0.3 is 52.6 Å². The SMILES string of the molecule is COCCOCCOCCOCCOCC[N+]1=C(/C=C2\C(=O)C(C3=[N+](CCCC(=O)ON4C(=O)CCC4=O)c4ccc5c(S(=O)(=O)O)cc(S(=O)(=O)O)cc5c4C3(C)CCOCCOCCOCCOC)=C2O)C(C)(CCCS(=O)(=O)O)c2c1ccc1c(S(=O)(=O)O)cc(S(=O)(=O)O)cc21. The zero-order valence-corrected chi connectivity index (χ0v) is 59.0. The van der Waals surface area contributed by atoms with Crippen LogP contribution in [0.4, 0.5) is 11.4 Å². The Morgan fingerprint density at radius 2 is 0.950 bits per heavy atom. The van der Waals surface area contributed by atoms with Gasteiger partial charge in [-0.1, -0.05) is 0 Å². The number of rotatable bonds is 42. The Bertz CT molecular complexity index is 4540. The van der Waals surface area contributed by atoms with Crippen molar-refractivity contribution in [3.8, 4) is 0 Å². The molecule has 3 heterocycles. The van der Waals surface area contributed by atoms with Crippen molar-refractivity contribution in [3.05, 3.63) is 82.6 Å². The topological polar surface area (TPSA) is 462 Å². The summed E-state index contributed by atoms with van der Waals surface area (Å²) >= 11 is 0. The second-order valence-electron chi connectivity index (χ2n) is 23.7. The number of benzene rings is 4. The number of ketones is 1. The van der Waals surface area contributed by atoms with E-state index in [4.69, 9.17) is 47.5 Å². The van der Waals surface area contributed by atoms with Crippen LogP contribution in [0.2, 0.25) is 0 Å². The minimum absolute atomic E-state index is 0.00979. The highest BCUT2D eigenvalue weighted by molar-refractivity contribution is 7.87. The lowest BCUT2D eigenvalue weighted by Crippen LogP contribution is -2.43. The number of fused-ring (bicyclic) bond motifs is 6. The number of hydrogen-bond donors (Lipinski definition) is 6. The van der Waals surface area contributed by atoms with Crippen molar-refractivity contribution in [2.45, 2.75) is 89.2 Å². The van der Waals surface area contributed by atoms with Gasteiger partial charge in [0.05, 0.1) is 131 Å². The van der Waals surface area contributed by atoms with E-state index in [0.29, 0.717) is 56.8 Å². The molecule has 0 bridgehead atoms. The molecule has 2 unspecified atom stereocenters. The summed E-state index contributed by atoms with van der Waals surface area (Å²) in [6, 6.07) is 8.13. The fourth-order valence-corrected chi connectivity index (χ4v) is 15.7. The fraction of sp³-hybridized carbons (Fsp3) is 0.516. The summed E-state index contributed by atoms with van der Waals surface area (Å²) in [7, 11) is -22.9. The Morgan fingerprint density at radius 3 is 1.38 bits per heavy atom. The van der Waals surface area contributed by atoms with Crippen LogP contribution in [0.25, 0.3) is 21.5 Å². The normalized spacial score (nSPS) is 18.8. The molecule has 1 saturated heterocycles. The number of aliphatic hydroxyl groups excluding tert-OH is 1. The second-order valence-corrected chi connectivity index (χ2v) is 30.9. The Labute approximate surface area is 576 Å². The number of imide groups is 1. The number of aliphatic hydroxyl groups is 1. The summed E-state index contributed by atoms with van der Waals surface area (Å²) in [5.74, 6) is -5.15. The monoisotopic (exact) mass is 1510 g/mol. The van der Waals surface area contributed by atoms with Gasteiger partial charge in [0.25, 0.3) is 62.4 Å². The second kappa shape index (κ2) is 33.3. The molecule has 0 saturated carbocycles. The molecule has 2 atom stereocenters. The van der Waals surface area contributed by atoms with Crippen LogP contribution in [0.1, 0.15) is 69.9 Å². The molecule has 4 aromatic rings. The standard InChI is InChI=1S/C62H77N3O30S5/c1-61(14-6-34-96(71,72)73)51(63(17-19-89-25-27-93-32-33-94-31-29-91-23-21-87-4)47-10-8-42-44(56(47)61)35-40(97(74,75)76)37-49(42)99(80,81)82)39-46-58(69)55(59(46)70)60-62(2,15-18-88-24-26-92-30-28-90-22-20-86-3)57-45-36-41(98(77,78)79)38-50(100(83,84)85)43(45)9-11-48(57)64(60)16-5-7-54(68)95-65-52(66)12-13-53(65)67/h8-11,35-39H,5-7,12-34H2,1-4H3,(H4-,71,72,73,74,75,76,77,78,79,80,81,82,83,84,85)/p+2. The predicted molar refractivity (Wildman–Crippen MR) is 350 cm³/mol. The number of methoxy groups -OCH3 is 2. The van der Waals surface area contributed by atoms with Crippen LogP contribution in [0.5, 0.6) is 0 Å². The molecular formula is C62H79N3O30S5+2. The van der Waals surface area contributed by atoms with Crippen molar-refractivity contribution in [1.29, 1.82) is 0 Å². The maximum absolute atomic E-state index is 15.8. The molecule has 33 nitrogen and oxygen atoms in total. The lowest BCUT2D eigenvalue weighted by atomic mass is 9.68. The van der Waals surface area contributed by atoms with E-state index in [1.807, 2.05) is 0 Å². The van der Waals surface area contributed by atoms with E-state index in [-0.39, 0.29) is 173 Å². The number of nitrogens with zero attached hydrogens (tertiary/aromatic N) is 3. The quantitative estimate of drug-likeness (QED) is 0.0121. The lowest BCUT2D eigenvalue weighted by Gasteiger charge is -2.30. The molecule has 1 fully saturated rings. The van der Waals surface area contributed by atoms with Crippen molar-refractivity contribution in [3.63, 3.8) is 0 Å². The summed E-state index contributed by atoms with van der Waals surface area (Å²) in [4.78, 5) is 55.3. The summed E-state index contributed by atoms with van der Waals surface area (Å²) in [6.45, 7) is 5.03. The summed E-state index contributed by atoms with van der Waals surface area (Å²) in [5, 5.41) is 12.2. The largest absolute Gasteiger partial charge is 0.506 e. The van der Waals surface area contributed by atoms with Crippen molar-refractivity contribution < 1.29 is 146 Å². The van der Waals surface area contributed by atoms with E-state index >= 15 is 4.79 Å². The molecule has 0 aromatic heterocycles. The van der Waals surface area contributed by atoms with Crippen LogP contribution in [-0.2, 0) is 128 Å². The van der Waals surface area contributed by atoms with Crippen LogP contribution >= 0.6 is 0 Å². The number of allylic oxidation sites excluding steroid dienone is 3. The molecule has 1 aliphatic carbocycles. The number of Topliss-reactive ketones (excluding diaryl/α,β-unsaturated/α-hetero) is 1. The van der Waals surface area contributed by atoms with E-state index in [2.05, 4.69) is 0 Å². The van der Waals surface area contributed by atoms with Gasteiger partial charge in [0.15, 0.2) is 12.3 Å². The van der Waals surface area contributed by atoms with Gasteiger partial charge in [0.2, 0.25) is 22.9 Å². The zero-order chi connectivity index (χ0) is 73.2. The Morgan fingerprint density at radius 1 is 0.520 bits per heavy atom. The highest BCUT2D eigenvalue weighted by Gasteiger charge is 2.58. The van der Waals surface area contributed by atoms with Crippen LogP contribution < -0.4 is 0 Å². The number of carbonyl (C=O) groups excluding carboxylic acids is 4. The van der Waals surface area contributed by atoms with Crippen molar-refractivity contribution >= 4 is 119 Å². The average molecular weight is 1510 g/mol. The number of carbonyl (C=O) groups is 4. The lowest BCUT2D eigenvalue weighted by molar-refractivity contribution is -0.442. The first-order chi connectivity index (χ1) is 47.1. The van der Waals surface area contributed by atoms with Gasteiger partial charge in [0, 0.05) is 80.2 Å². The highest BCUT2D eigenvalue weighted by atomic mass is 32.2. The molecule has 0 spiro atoms. The Hall–Kier alpha value is -6.51. The molecule has 3 aliphatic heterocycles. The number of hydrogen-bond acceptors (Lipinski definition) is 25. The molecule has 0 radical (unpaired) electrons. The van der Waals surface area contributed by atoms with Crippen LogP contribution in [0.3, 0.4) is 0 Å². The molecule has 100 heavy (non-hydrogen) atoms. The van der Waals surface area contributed by atoms with Gasteiger partial charge in [0.1, 0.15) is 34.3 Å². The zero-order valence-electron chi connectivity index (χ0n) is 54.9. The van der Waals surface area contributed by atoms with Gasteiger partial charge in [-0.3, -0.25) is 37.1 Å². The molecule has 4 aliphatic rings. The third-order valence-corrected chi connectivity index (χ3v) is 21.3. The molecule has 38 heteroatoms. The Balaban J connectivity index is 1.29. The van der Waals surface area contributed by atoms with E-state index in [0.717, 1.165) is 12.1 Å². The summed E-state index contributed by atoms with van der Waals surface area (Å²) in [6.07, 6.45) is -0.870. The van der Waals surface area contributed by atoms with Gasteiger partial charge in [-0.25, -0.2) is 4.79 Å². The minimum atomic E-state index is -5.33. The average Bonchev–Trinajstić information content (AvgIpc) is 1.52. The van der Waals surface area contributed by atoms with Gasteiger partial charge >= 0.3 is 5.97 Å². The molecule has 2 amide bonds. The van der Waals surface area contributed by atoms with E-state index in [1.165, 1.54) is 49.0 Å². The van der Waals surface area contributed by atoms with Gasteiger partial charge in [-0.15, -0.1) is 5.06 Å². The molecule has 550 valence electrons. The van der Waals surface area contributed by atoms with Crippen LogP contribution in [0.15, 0.2) is 91.1 Å². The maximum Gasteiger partial charge on any atom is 0.333 e. The summed E-state index contributed by atoms with van der Waals surface area (Å²) in [5.41, 5.74) is -4.09. The van der Waals surface area contributed by atoms with Crippen molar-refractivity contribution in [1.82, 2.24) is 5.06 Å². The first-order valence-electron chi connectivity index (χ1n) is 31.2. The molecular weight excluding hydrogens is 1430 g/mol. The third kappa shape index (κ3) is 18.6. The Kier molecular flexibility index (Phi) is 26.4. The first-order valence-corrected chi connectivity index (χ1v) is 38.6. The molecule has 8 rings (SSSR count). The predicted octanol–water partition coefficient (Wildman–Crippen LogP) is 3.57. The van der Waals surface area contributed by atoms with Gasteiger partial charge in [-0.2, -0.15) is 51.2 Å². The smallest absolute Gasteiger partial charge is 0.333 e. The van der Waals surface area contributed by atoms with Crippen LogP contribution in [0, 0.1) is 0 Å². The molecule has 4 aromatic carbocycles. The van der Waals surface area contributed by atoms with Crippen molar-refractivity contribution in [2.75, 3.05) is 139 Å². The minimum Gasteiger partial charge on any atom is -0.506 e. The third-order valence-electron chi connectivity index (χ3n) is 17.0. The first kappa shape index (κ1) is 79.2. The number of hydroxylamine groups is 2.